The van der Waals surface area contributed by atoms with Gasteiger partial charge in [-0.3, -0.25) is 9.69 Å². The van der Waals surface area contributed by atoms with Crippen molar-refractivity contribution in [1.29, 1.82) is 0 Å². The maximum absolute atomic E-state index is 12.2. The average molecular weight is 304 g/mol. The number of carbonyl (C=O) groups excluding carboxylic acids is 1. The van der Waals surface area contributed by atoms with Gasteiger partial charge in [-0.2, -0.15) is 0 Å². The average Bonchev–Trinajstić information content (AvgIpc) is 2.39. The van der Waals surface area contributed by atoms with E-state index < -0.39 is 0 Å². The number of hydrogen-bond acceptors (Lipinski definition) is 3. The lowest BCUT2D eigenvalue weighted by Gasteiger charge is -2.41. The van der Waals surface area contributed by atoms with Gasteiger partial charge in [0, 0.05) is 31.2 Å². The highest BCUT2D eigenvalue weighted by molar-refractivity contribution is 5.85. The van der Waals surface area contributed by atoms with E-state index in [0.717, 1.165) is 51.9 Å². The molecule has 2 saturated heterocycles. The first-order chi connectivity index (χ1) is 8.97. The van der Waals surface area contributed by atoms with Crippen LogP contribution in [0.1, 0.15) is 46.5 Å². The first-order valence-corrected chi connectivity index (χ1v) is 7.73. The second-order valence-electron chi connectivity index (χ2n) is 6.98. The van der Waals surface area contributed by atoms with Crippen LogP contribution < -0.4 is 10.6 Å². The lowest BCUT2D eigenvalue weighted by molar-refractivity contribution is -0.126. The fourth-order valence-electron chi connectivity index (χ4n) is 3.09. The van der Waals surface area contributed by atoms with Crippen molar-refractivity contribution in [2.45, 2.75) is 58.0 Å². The Morgan fingerprint density at radius 1 is 1.20 bits per heavy atom. The van der Waals surface area contributed by atoms with Gasteiger partial charge in [-0.15, -0.1) is 12.4 Å². The third kappa shape index (κ3) is 4.90. The summed E-state index contributed by atoms with van der Waals surface area (Å²) in [7, 11) is 0. The van der Waals surface area contributed by atoms with Crippen LogP contribution in [0, 0.1) is 5.92 Å². The van der Waals surface area contributed by atoms with Gasteiger partial charge in [-0.25, -0.2) is 0 Å². The minimum atomic E-state index is 0. The van der Waals surface area contributed by atoms with Crippen LogP contribution in [0.3, 0.4) is 0 Å². The summed E-state index contributed by atoms with van der Waals surface area (Å²) in [5.41, 5.74) is 0.252. The molecule has 0 aliphatic carbocycles. The molecule has 0 aromatic carbocycles. The minimum absolute atomic E-state index is 0. The summed E-state index contributed by atoms with van der Waals surface area (Å²) < 4.78 is 0. The summed E-state index contributed by atoms with van der Waals surface area (Å²) >= 11 is 0. The van der Waals surface area contributed by atoms with E-state index in [9.17, 15) is 4.79 Å². The highest BCUT2D eigenvalue weighted by Crippen LogP contribution is 2.20. The zero-order valence-electron chi connectivity index (χ0n) is 13.1. The third-order valence-electron chi connectivity index (χ3n) is 4.46. The number of nitrogens with zero attached hydrogens (tertiary/aromatic N) is 1. The fourth-order valence-corrected chi connectivity index (χ4v) is 3.09. The van der Waals surface area contributed by atoms with Gasteiger partial charge in [-0.1, -0.05) is 0 Å². The standard InChI is InChI=1S/C15H29N3O.ClH/c1-15(2,3)18-9-6-13(7-10-18)17-14(19)12-5-4-8-16-11-12;/h12-13,16H,4-11H2,1-3H3,(H,17,19);1H/t12-;/m1./s1. The zero-order valence-corrected chi connectivity index (χ0v) is 13.9. The summed E-state index contributed by atoms with van der Waals surface area (Å²) in [4.78, 5) is 14.7. The molecule has 2 aliphatic rings. The molecule has 0 aromatic rings. The van der Waals surface area contributed by atoms with E-state index in [0.29, 0.717) is 6.04 Å². The maximum Gasteiger partial charge on any atom is 0.224 e. The molecule has 1 atom stereocenters. The van der Waals surface area contributed by atoms with Crippen LogP contribution in [0.4, 0.5) is 0 Å². The van der Waals surface area contributed by atoms with Gasteiger partial charge in [0.15, 0.2) is 0 Å². The largest absolute Gasteiger partial charge is 0.353 e. The Morgan fingerprint density at radius 3 is 2.35 bits per heavy atom. The van der Waals surface area contributed by atoms with Crippen LogP contribution in [0.15, 0.2) is 0 Å². The Balaban J connectivity index is 0.00000200. The zero-order chi connectivity index (χ0) is 13.9. The Kier molecular flexibility index (Phi) is 6.76. The van der Waals surface area contributed by atoms with Crippen LogP contribution in [-0.4, -0.2) is 48.6 Å². The van der Waals surface area contributed by atoms with Crippen LogP contribution in [0.2, 0.25) is 0 Å². The van der Waals surface area contributed by atoms with E-state index in [1.54, 1.807) is 0 Å². The van der Waals surface area contributed by atoms with Crippen molar-refractivity contribution in [2.75, 3.05) is 26.2 Å². The molecular formula is C15H30ClN3O. The molecule has 5 heteroatoms. The molecule has 0 bridgehead atoms. The summed E-state index contributed by atoms with van der Waals surface area (Å²) in [5.74, 6) is 0.454. The quantitative estimate of drug-likeness (QED) is 0.817. The molecule has 2 rings (SSSR count). The number of piperidine rings is 2. The van der Waals surface area contributed by atoms with Crippen molar-refractivity contribution in [1.82, 2.24) is 15.5 Å². The van der Waals surface area contributed by atoms with Crippen LogP contribution in [0.25, 0.3) is 0 Å². The molecule has 2 heterocycles. The second-order valence-corrected chi connectivity index (χ2v) is 6.98. The number of carbonyl (C=O) groups is 1. The van der Waals surface area contributed by atoms with Crippen molar-refractivity contribution in [2.24, 2.45) is 5.92 Å². The number of nitrogens with one attached hydrogen (secondary N) is 2. The molecule has 0 aromatic heterocycles. The SMILES string of the molecule is CC(C)(C)N1CCC(NC(=O)[C@@H]2CCCNC2)CC1.Cl. The van der Waals surface area contributed by atoms with E-state index in [4.69, 9.17) is 0 Å². The normalized spacial score (nSPS) is 25.9. The Morgan fingerprint density at radius 2 is 1.85 bits per heavy atom. The van der Waals surface area contributed by atoms with Crippen molar-refractivity contribution in [3.8, 4) is 0 Å². The third-order valence-corrected chi connectivity index (χ3v) is 4.46. The maximum atomic E-state index is 12.2. The predicted molar refractivity (Wildman–Crippen MR) is 85.3 cm³/mol. The number of halogens is 1. The molecule has 2 aliphatic heterocycles. The Bertz CT molecular complexity index is 303. The van der Waals surface area contributed by atoms with Gasteiger partial charge < -0.3 is 10.6 Å². The van der Waals surface area contributed by atoms with Gasteiger partial charge in [-0.05, 0) is 53.0 Å². The first kappa shape index (κ1) is 17.7. The fraction of sp³-hybridized carbons (Fsp3) is 0.933. The Labute approximate surface area is 129 Å². The molecule has 0 radical (unpaired) electrons. The van der Waals surface area contributed by atoms with E-state index in [-0.39, 0.29) is 29.8 Å². The predicted octanol–water partition coefficient (Wildman–Crippen LogP) is 1.79. The van der Waals surface area contributed by atoms with Crippen molar-refractivity contribution in [3.05, 3.63) is 0 Å². The summed E-state index contributed by atoms with van der Waals surface area (Å²) in [6.07, 6.45) is 4.34. The van der Waals surface area contributed by atoms with Crippen molar-refractivity contribution in [3.63, 3.8) is 0 Å². The molecule has 2 N–H and O–H groups in total. The summed E-state index contributed by atoms with van der Waals surface area (Å²) in [6, 6.07) is 0.382. The summed E-state index contributed by atoms with van der Waals surface area (Å²) in [6.45, 7) is 10.9. The number of amides is 1. The molecule has 0 saturated carbocycles. The Hall–Kier alpha value is -0.320. The first-order valence-electron chi connectivity index (χ1n) is 7.73. The van der Waals surface area contributed by atoms with E-state index in [1.807, 2.05) is 0 Å². The topological polar surface area (TPSA) is 44.4 Å². The van der Waals surface area contributed by atoms with Crippen LogP contribution >= 0.6 is 12.4 Å². The lowest BCUT2D eigenvalue weighted by Crippen LogP contribution is -2.52. The molecule has 2 fully saturated rings. The molecule has 0 spiro atoms. The van der Waals surface area contributed by atoms with Gasteiger partial charge in [0.25, 0.3) is 0 Å². The second kappa shape index (κ2) is 7.62. The van der Waals surface area contributed by atoms with Gasteiger partial charge in [0.2, 0.25) is 5.91 Å². The number of rotatable bonds is 2. The van der Waals surface area contributed by atoms with Gasteiger partial charge in [0.1, 0.15) is 0 Å². The highest BCUT2D eigenvalue weighted by atomic mass is 35.5. The molecule has 0 unspecified atom stereocenters. The summed E-state index contributed by atoms with van der Waals surface area (Å²) in [5, 5.41) is 6.57. The van der Waals surface area contributed by atoms with Crippen LogP contribution in [-0.2, 0) is 4.79 Å². The molecule has 4 nitrogen and oxygen atoms in total. The number of likely N-dealkylation sites (tertiary alicyclic amines) is 1. The van der Waals surface area contributed by atoms with Gasteiger partial charge >= 0.3 is 0 Å². The van der Waals surface area contributed by atoms with Gasteiger partial charge in [0.05, 0.1) is 5.92 Å². The van der Waals surface area contributed by atoms with Crippen LogP contribution in [0.5, 0.6) is 0 Å². The molecule has 118 valence electrons. The monoisotopic (exact) mass is 303 g/mol. The molecule has 20 heavy (non-hydrogen) atoms. The molecule has 1 amide bonds. The minimum Gasteiger partial charge on any atom is -0.353 e. The van der Waals surface area contributed by atoms with E-state index in [2.05, 4.69) is 36.3 Å². The van der Waals surface area contributed by atoms with Crippen molar-refractivity contribution < 1.29 is 4.79 Å². The highest BCUT2D eigenvalue weighted by Gasteiger charge is 2.29. The lowest BCUT2D eigenvalue weighted by atomic mass is 9.95. The van der Waals surface area contributed by atoms with E-state index in [1.165, 1.54) is 0 Å². The van der Waals surface area contributed by atoms with E-state index >= 15 is 0 Å². The van der Waals surface area contributed by atoms with Crippen molar-refractivity contribution >= 4 is 18.3 Å². The smallest absolute Gasteiger partial charge is 0.224 e. The molecular weight excluding hydrogens is 274 g/mol. The number of hydrogen-bond donors (Lipinski definition) is 2.